The van der Waals surface area contributed by atoms with E-state index in [-0.39, 0.29) is 0 Å². The molecule has 2 N–H and O–H groups in total. The fourth-order valence-corrected chi connectivity index (χ4v) is 1.57. The molecule has 0 atom stereocenters. The third-order valence-corrected chi connectivity index (χ3v) is 2.63. The molecule has 2 aromatic heterocycles. The van der Waals surface area contributed by atoms with Crippen LogP contribution in [0.2, 0.25) is 0 Å². The minimum Gasteiger partial charge on any atom is -0.408 e. The van der Waals surface area contributed by atoms with Crippen LogP contribution in [0.4, 0.5) is 6.01 Å². The highest BCUT2D eigenvalue weighted by Gasteiger charge is 2.09. The van der Waals surface area contributed by atoms with E-state index < -0.39 is 0 Å². The normalized spacial score (nSPS) is 10.6. The Bertz CT molecular complexity index is 470. The van der Waals surface area contributed by atoms with Gasteiger partial charge in [0.2, 0.25) is 5.89 Å². The van der Waals surface area contributed by atoms with E-state index >= 15 is 0 Å². The Morgan fingerprint density at radius 1 is 1.22 bits per heavy atom. The first-order valence-electron chi connectivity index (χ1n) is 5.92. The number of hydrogen-bond acceptors (Lipinski definition) is 6. The second-order valence-corrected chi connectivity index (χ2v) is 4.04. The second kappa shape index (κ2) is 6.11. The largest absolute Gasteiger partial charge is 0.408 e. The number of rotatable bonds is 6. The van der Waals surface area contributed by atoms with Crippen molar-refractivity contribution in [3.63, 3.8) is 0 Å². The minimum atomic E-state index is 0.516. The molecule has 0 aromatic carbocycles. The van der Waals surface area contributed by atoms with Crippen LogP contribution in [0.25, 0.3) is 0 Å². The number of nitrogens with two attached hydrogens (primary N) is 1. The summed E-state index contributed by atoms with van der Waals surface area (Å²) in [5.41, 5.74) is 6.67. The third kappa shape index (κ3) is 3.27. The molecule has 0 unspecified atom stereocenters. The first-order valence-corrected chi connectivity index (χ1v) is 5.92. The van der Waals surface area contributed by atoms with E-state index in [1.165, 1.54) is 5.56 Å². The zero-order valence-electron chi connectivity index (χ0n) is 10.4. The SMILES string of the molecule is CN(CCc1ccncc1)c1nnc(CCN)o1. The van der Waals surface area contributed by atoms with Crippen molar-refractivity contribution in [2.75, 3.05) is 25.0 Å². The first-order chi connectivity index (χ1) is 8.79. The molecule has 0 saturated carbocycles. The average Bonchev–Trinajstić information content (AvgIpc) is 2.86. The number of aromatic nitrogens is 3. The molecule has 6 heteroatoms. The molecule has 0 aliphatic heterocycles. The predicted octanol–water partition coefficient (Wildman–Crippen LogP) is 0.645. The van der Waals surface area contributed by atoms with Gasteiger partial charge in [-0.15, -0.1) is 5.10 Å². The number of hydrogen-bond donors (Lipinski definition) is 1. The van der Waals surface area contributed by atoms with Crippen molar-refractivity contribution in [2.24, 2.45) is 5.73 Å². The molecule has 2 aromatic rings. The zero-order valence-corrected chi connectivity index (χ0v) is 10.4. The van der Waals surface area contributed by atoms with E-state index in [1.54, 1.807) is 12.4 Å². The monoisotopic (exact) mass is 247 g/mol. The molecule has 0 fully saturated rings. The molecule has 0 aliphatic rings. The molecule has 0 bridgehead atoms. The number of likely N-dealkylation sites (N-methyl/N-ethyl adjacent to an activating group) is 1. The van der Waals surface area contributed by atoms with Crippen LogP contribution in [0.15, 0.2) is 28.9 Å². The molecular formula is C12H17N5O. The van der Waals surface area contributed by atoms with Crippen molar-refractivity contribution in [1.29, 1.82) is 0 Å². The van der Waals surface area contributed by atoms with Crippen LogP contribution < -0.4 is 10.6 Å². The van der Waals surface area contributed by atoms with E-state index in [0.29, 0.717) is 24.9 Å². The van der Waals surface area contributed by atoms with Gasteiger partial charge in [0.1, 0.15) is 0 Å². The Labute approximate surface area is 106 Å². The maximum Gasteiger partial charge on any atom is 0.317 e. The van der Waals surface area contributed by atoms with Gasteiger partial charge in [-0.3, -0.25) is 4.98 Å². The summed E-state index contributed by atoms with van der Waals surface area (Å²) in [6.07, 6.45) is 5.11. The minimum absolute atomic E-state index is 0.516. The van der Waals surface area contributed by atoms with E-state index in [1.807, 2.05) is 24.1 Å². The van der Waals surface area contributed by atoms with Gasteiger partial charge in [0.25, 0.3) is 0 Å². The van der Waals surface area contributed by atoms with Crippen LogP contribution in [0, 0.1) is 0 Å². The lowest BCUT2D eigenvalue weighted by Gasteiger charge is -2.13. The summed E-state index contributed by atoms with van der Waals surface area (Å²) in [5.74, 6) is 0.586. The third-order valence-electron chi connectivity index (χ3n) is 2.63. The Balaban J connectivity index is 1.89. The van der Waals surface area contributed by atoms with Crippen LogP contribution in [0.1, 0.15) is 11.5 Å². The summed E-state index contributed by atoms with van der Waals surface area (Å²) in [5, 5.41) is 7.92. The zero-order chi connectivity index (χ0) is 12.8. The summed E-state index contributed by atoms with van der Waals surface area (Å²) >= 11 is 0. The molecular weight excluding hydrogens is 230 g/mol. The van der Waals surface area contributed by atoms with Gasteiger partial charge in [0, 0.05) is 39.0 Å². The quantitative estimate of drug-likeness (QED) is 0.807. The van der Waals surface area contributed by atoms with E-state index in [4.69, 9.17) is 10.2 Å². The molecule has 0 saturated heterocycles. The van der Waals surface area contributed by atoms with E-state index in [2.05, 4.69) is 15.2 Å². The summed E-state index contributed by atoms with van der Waals surface area (Å²) in [7, 11) is 1.93. The van der Waals surface area contributed by atoms with Gasteiger partial charge in [0.05, 0.1) is 0 Å². The van der Waals surface area contributed by atoms with Crippen molar-refractivity contribution < 1.29 is 4.42 Å². The van der Waals surface area contributed by atoms with Crippen LogP contribution >= 0.6 is 0 Å². The second-order valence-electron chi connectivity index (χ2n) is 4.04. The lowest BCUT2D eigenvalue weighted by atomic mass is 10.2. The van der Waals surface area contributed by atoms with Crippen molar-refractivity contribution in [1.82, 2.24) is 15.2 Å². The Hall–Kier alpha value is -1.95. The summed E-state index contributed by atoms with van der Waals surface area (Å²) in [4.78, 5) is 5.93. The molecule has 2 rings (SSSR count). The van der Waals surface area contributed by atoms with Crippen molar-refractivity contribution in [3.05, 3.63) is 36.0 Å². The Kier molecular flexibility index (Phi) is 4.25. The molecule has 0 radical (unpaired) electrons. The maximum absolute atomic E-state index is 5.49. The summed E-state index contributed by atoms with van der Waals surface area (Å²) in [6.45, 7) is 1.33. The van der Waals surface area contributed by atoms with Gasteiger partial charge in [-0.25, -0.2) is 0 Å². The van der Waals surface area contributed by atoms with Crippen molar-refractivity contribution >= 4 is 6.01 Å². The number of nitrogens with zero attached hydrogens (tertiary/aromatic N) is 4. The average molecular weight is 247 g/mol. The van der Waals surface area contributed by atoms with E-state index in [9.17, 15) is 0 Å². The number of pyridine rings is 1. The molecule has 18 heavy (non-hydrogen) atoms. The maximum atomic E-state index is 5.49. The first kappa shape index (κ1) is 12.5. The standard InChI is InChI=1S/C12H17N5O/c1-17(9-5-10-3-7-14-8-4-10)12-16-15-11(18-12)2-6-13/h3-4,7-8H,2,5-6,9,13H2,1H3. The van der Waals surface area contributed by atoms with Gasteiger partial charge < -0.3 is 15.1 Å². The van der Waals surface area contributed by atoms with Gasteiger partial charge >= 0.3 is 6.01 Å². The van der Waals surface area contributed by atoms with Crippen LogP contribution in [0.3, 0.4) is 0 Å². The molecule has 96 valence electrons. The summed E-state index contributed by atoms with van der Waals surface area (Å²) in [6, 6.07) is 4.54. The smallest absolute Gasteiger partial charge is 0.317 e. The van der Waals surface area contributed by atoms with Gasteiger partial charge in [0.15, 0.2) is 0 Å². The Morgan fingerprint density at radius 2 is 2.00 bits per heavy atom. The molecule has 0 amide bonds. The topological polar surface area (TPSA) is 81.1 Å². The predicted molar refractivity (Wildman–Crippen MR) is 68.3 cm³/mol. The van der Waals surface area contributed by atoms with E-state index in [0.717, 1.165) is 13.0 Å². The number of anilines is 1. The van der Waals surface area contributed by atoms with Crippen LogP contribution in [-0.2, 0) is 12.8 Å². The summed E-state index contributed by atoms with van der Waals surface area (Å²) < 4.78 is 5.49. The van der Waals surface area contributed by atoms with Gasteiger partial charge in [-0.2, -0.15) is 0 Å². The molecule has 0 aliphatic carbocycles. The highest BCUT2D eigenvalue weighted by molar-refractivity contribution is 5.23. The Morgan fingerprint density at radius 3 is 2.72 bits per heavy atom. The van der Waals surface area contributed by atoms with Crippen molar-refractivity contribution in [2.45, 2.75) is 12.8 Å². The van der Waals surface area contributed by atoms with Crippen LogP contribution in [0.5, 0.6) is 0 Å². The van der Waals surface area contributed by atoms with Gasteiger partial charge in [-0.1, -0.05) is 5.10 Å². The fraction of sp³-hybridized carbons (Fsp3) is 0.417. The fourth-order valence-electron chi connectivity index (χ4n) is 1.57. The highest BCUT2D eigenvalue weighted by Crippen LogP contribution is 2.11. The molecule has 6 nitrogen and oxygen atoms in total. The molecule has 2 heterocycles. The van der Waals surface area contributed by atoms with Crippen LogP contribution in [-0.4, -0.2) is 35.3 Å². The van der Waals surface area contributed by atoms with Gasteiger partial charge in [-0.05, 0) is 24.1 Å². The lowest BCUT2D eigenvalue weighted by molar-refractivity contribution is 0.490. The van der Waals surface area contributed by atoms with Crippen molar-refractivity contribution in [3.8, 4) is 0 Å². The highest BCUT2D eigenvalue weighted by atomic mass is 16.4. The molecule has 0 spiro atoms. The lowest BCUT2D eigenvalue weighted by Crippen LogP contribution is -2.20.